The number of aliphatic hydroxyl groups is 1. The van der Waals surface area contributed by atoms with Crippen molar-refractivity contribution in [2.45, 2.75) is 13.8 Å². The highest BCUT2D eigenvalue weighted by atomic mass is 16.5. The molecule has 0 saturated carbocycles. The van der Waals surface area contributed by atoms with Crippen LogP contribution in [0, 0.1) is 0 Å². The molecule has 2 aromatic rings. The van der Waals surface area contributed by atoms with E-state index in [0.29, 0.717) is 22.2 Å². The maximum atomic E-state index is 12.1. The Morgan fingerprint density at radius 3 is 2.54 bits per heavy atom. The van der Waals surface area contributed by atoms with Crippen molar-refractivity contribution < 1.29 is 24.2 Å². The molecule has 0 aliphatic heterocycles. The van der Waals surface area contributed by atoms with E-state index < -0.39 is 11.9 Å². The third-order valence-electron chi connectivity index (χ3n) is 3.29. The number of nitrogens with zero attached hydrogens (tertiary/aromatic N) is 1. The van der Waals surface area contributed by atoms with Gasteiger partial charge in [-0.2, -0.15) is 0 Å². The highest BCUT2D eigenvalue weighted by Crippen LogP contribution is 2.28. The van der Waals surface area contributed by atoms with Crippen LogP contribution in [0.1, 0.15) is 34.6 Å². The lowest BCUT2D eigenvalue weighted by Crippen LogP contribution is -2.14. The third-order valence-corrected chi connectivity index (χ3v) is 3.29. The molecule has 24 heavy (non-hydrogen) atoms. The summed E-state index contributed by atoms with van der Waals surface area (Å²) in [5.41, 5.74) is 1.69. The normalized spacial score (nSPS) is 10.5. The highest BCUT2D eigenvalue weighted by Gasteiger charge is 2.18. The number of aliphatic hydroxyl groups excluding tert-OH is 1. The van der Waals surface area contributed by atoms with Gasteiger partial charge in [0.05, 0.1) is 36.6 Å². The Morgan fingerprint density at radius 1 is 1.17 bits per heavy atom. The smallest absolute Gasteiger partial charge is 0.341 e. The Bertz CT molecular complexity index is 740. The number of anilines is 1. The molecule has 7 nitrogen and oxygen atoms in total. The van der Waals surface area contributed by atoms with Crippen LogP contribution in [0.4, 0.5) is 5.69 Å². The van der Waals surface area contributed by atoms with Crippen molar-refractivity contribution in [1.29, 1.82) is 0 Å². The summed E-state index contributed by atoms with van der Waals surface area (Å²) < 4.78 is 10.0. The number of esters is 2. The fourth-order valence-corrected chi connectivity index (χ4v) is 2.27. The zero-order valence-electron chi connectivity index (χ0n) is 13.7. The summed E-state index contributed by atoms with van der Waals surface area (Å²) in [4.78, 5) is 28.3. The molecule has 128 valence electrons. The molecule has 7 heteroatoms. The van der Waals surface area contributed by atoms with E-state index in [4.69, 9.17) is 14.6 Å². The molecule has 0 fully saturated rings. The standard InChI is InChI=1S/C17H20N2O5/c1-3-23-16(21)11-5-6-14-12(9-11)15(18-7-8-20)13(10-19-14)17(22)24-4-2/h5-6,9-10,20H,3-4,7-8H2,1-2H3,(H,18,19). The van der Waals surface area contributed by atoms with Crippen LogP contribution in [-0.2, 0) is 9.47 Å². The van der Waals surface area contributed by atoms with Gasteiger partial charge in [0, 0.05) is 18.1 Å². The van der Waals surface area contributed by atoms with E-state index in [9.17, 15) is 9.59 Å². The first-order valence-corrected chi connectivity index (χ1v) is 7.74. The second kappa shape index (κ2) is 8.26. The van der Waals surface area contributed by atoms with E-state index in [1.54, 1.807) is 32.0 Å². The van der Waals surface area contributed by atoms with Crippen molar-refractivity contribution in [2.75, 3.05) is 31.7 Å². The third kappa shape index (κ3) is 3.80. The Hall–Kier alpha value is -2.67. The number of benzene rings is 1. The predicted octanol–water partition coefficient (Wildman–Crippen LogP) is 1.99. The molecule has 0 atom stereocenters. The van der Waals surface area contributed by atoms with Gasteiger partial charge in [0.2, 0.25) is 0 Å². The lowest BCUT2D eigenvalue weighted by atomic mass is 10.1. The van der Waals surface area contributed by atoms with E-state index in [1.807, 2.05) is 0 Å². The lowest BCUT2D eigenvalue weighted by Gasteiger charge is -2.14. The molecule has 1 heterocycles. The lowest BCUT2D eigenvalue weighted by molar-refractivity contribution is 0.0518. The monoisotopic (exact) mass is 332 g/mol. The van der Waals surface area contributed by atoms with Crippen LogP contribution < -0.4 is 5.32 Å². The summed E-state index contributed by atoms with van der Waals surface area (Å²) in [6.07, 6.45) is 1.42. The van der Waals surface area contributed by atoms with Gasteiger partial charge in [-0.3, -0.25) is 4.98 Å². The van der Waals surface area contributed by atoms with Crippen LogP contribution in [0.3, 0.4) is 0 Å². The number of carbonyl (C=O) groups is 2. The number of nitrogens with one attached hydrogen (secondary N) is 1. The Kier molecular flexibility index (Phi) is 6.08. The van der Waals surface area contributed by atoms with Crippen molar-refractivity contribution in [3.63, 3.8) is 0 Å². The van der Waals surface area contributed by atoms with Crippen molar-refractivity contribution in [3.8, 4) is 0 Å². The molecule has 0 aliphatic carbocycles. The molecule has 0 bridgehead atoms. The molecule has 2 N–H and O–H groups in total. The van der Waals surface area contributed by atoms with E-state index >= 15 is 0 Å². The number of fused-ring (bicyclic) bond motifs is 1. The van der Waals surface area contributed by atoms with Crippen molar-refractivity contribution >= 4 is 28.5 Å². The van der Waals surface area contributed by atoms with Crippen LogP contribution in [-0.4, -0.2) is 48.4 Å². The molecule has 0 amide bonds. The van der Waals surface area contributed by atoms with Crippen molar-refractivity contribution in [2.24, 2.45) is 0 Å². The van der Waals surface area contributed by atoms with E-state index in [2.05, 4.69) is 10.3 Å². The minimum Gasteiger partial charge on any atom is -0.462 e. The zero-order valence-corrected chi connectivity index (χ0v) is 13.7. The molecule has 1 aromatic heterocycles. The van der Waals surface area contributed by atoms with Crippen molar-refractivity contribution in [3.05, 3.63) is 35.5 Å². The van der Waals surface area contributed by atoms with Gasteiger partial charge < -0.3 is 19.9 Å². The van der Waals surface area contributed by atoms with Gasteiger partial charge in [-0.1, -0.05) is 0 Å². The maximum absolute atomic E-state index is 12.1. The summed E-state index contributed by atoms with van der Waals surface area (Å²) in [5.74, 6) is -0.970. The topological polar surface area (TPSA) is 97.8 Å². The SMILES string of the molecule is CCOC(=O)c1ccc2ncc(C(=O)OCC)c(NCCO)c2c1. The Morgan fingerprint density at radius 2 is 1.88 bits per heavy atom. The molecule has 0 radical (unpaired) electrons. The molecule has 1 aromatic carbocycles. The summed E-state index contributed by atoms with van der Waals surface area (Å²) in [7, 11) is 0. The fourth-order valence-electron chi connectivity index (χ4n) is 2.27. The molecular formula is C17H20N2O5. The van der Waals surface area contributed by atoms with Crippen LogP contribution >= 0.6 is 0 Å². The van der Waals surface area contributed by atoms with Crippen LogP contribution in [0.2, 0.25) is 0 Å². The zero-order chi connectivity index (χ0) is 17.5. The van der Waals surface area contributed by atoms with Gasteiger partial charge >= 0.3 is 11.9 Å². The summed E-state index contributed by atoms with van der Waals surface area (Å²) in [5, 5.41) is 12.7. The predicted molar refractivity (Wildman–Crippen MR) is 89.2 cm³/mol. The number of pyridine rings is 1. The number of carbonyl (C=O) groups excluding carboxylic acids is 2. The summed E-state index contributed by atoms with van der Waals surface area (Å²) in [6, 6.07) is 4.91. The maximum Gasteiger partial charge on any atom is 0.341 e. The Balaban J connectivity index is 2.58. The number of hydrogen-bond donors (Lipinski definition) is 2. The van der Waals surface area contributed by atoms with E-state index in [1.165, 1.54) is 6.20 Å². The van der Waals surface area contributed by atoms with Gasteiger partial charge in [-0.05, 0) is 32.0 Å². The van der Waals surface area contributed by atoms with Gasteiger partial charge in [0.25, 0.3) is 0 Å². The summed E-state index contributed by atoms with van der Waals surface area (Å²) >= 11 is 0. The molecule has 0 unspecified atom stereocenters. The fraction of sp³-hybridized carbons (Fsp3) is 0.353. The van der Waals surface area contributed by atoms with E-state index in [0.717, 1.165) is 0 Å². The first-order chi connectivity index (χ1) is 11.6. The molecule has 0 saturated heterocycles. The molecule has 2 rings (SSSR count). The minimum absolute atomic E-state index is 0.107. The minimum atomic E-state index is -0.520. The quantitative estimate of drug-likeness (QED) is 0.748. The van der Waals surface area contributed by atoms with Gasteiger partial charge in [0.15, 0.2) is 0 Å². The molecule has 0 spiro atoms. The second-order valence-corrected chi connectivity index (χ2v) is 4.87. The highest BCUT2D eigenvalue weighted by molar-refractivity contribution is 6.06. The van der Waals surface area contributed by atoms with Gasteiger partial charge in [-0.25, -0.2) is 9.59 Å². The average molecular weight is 332 g/mol. The average Bonchev–Trinajstić information content (AvgIpc) is 2.59. The second-order valence-electron chi connectivity index (χ2n) is 4.87. The first-order valence-electron chi connectivity index (χ1n) is 7.74. The first kappa shape index (κ1) is 17.7. The van der Waals surface area contributed by atoms with Gasteiger partial charge in [0.1, 0.15) is 5.56 Å². The number of aromatic nitrogens is 1. The van der Waals surface area contributed by atoms with Crippen LogP contribution in [0.5, 0.6) is 0 Å². The van der Waals surface area contributed by atoms with Crippen LogP contribution in [0.25, 0.3) is 10.9 Å². The molecular weight excluding hydrogens is 312 g/mol. The Labute approximate surface area is 139 Å². The number of ether oxygens (including phenoxy) is 2. The number of rotatable bonds is 7. The summed E-state index contributed by atoms with van der Waals surface area (Å²) in [6.45, 7) is 4.09. The molecule has 0 aliphatic rings. The van der Waals surface area contributed by atoms with Gasteiger partial charge in [-0.15, -0.1) is 0 Å². The van der Waals surface area contributed by atoms with E-state index in [-0.39, 0.29) is 31.9 Å². The largest absolute Gasteiger partial charge is 0.462 e. The number of hydrogen-bond acceptors (Lipinski definition) is 7. The van der Waals surface area contributed by atoms with Crippen LogP contribution in [0.15, 0.2) is 24.4 Å². The van der Waals surface area contributed by atoms with Crippen molar-refractivity contribution in [1.82, 2.24) is 4.98 Å².